The van der Waals surface area contributed by atoms with Crippen LogP contribution in [0.15, 0.2) is 97.2 Å². The van der Waals surface area contributed by atoms with Gasteiger partial charge >= 0.3 is 5.97 Å². The van der Waals surface area contributed by atoms with Crippen LogP contribution in [0.4, 0.5) is 0 Å². The van der Waals surface area contributed by atoms with Crippen molar-refractivity contribution in [2.75, 3.05) is 7.11 Å². The molecule has 4 nitrogen and oxygen atoms in total. The molecule has 1 heterocycles. The average molecular weight is 550 g/mol. The molecule has 3 aromatic carbocycles. The van der Waals surface area contributed by atoms with Gasteiger partial charge in [-0.05, 0) is 77.1 Å². The van der Waals surface area contributed by atoms with Gasteiger partial charge in [-0.1, -0.05) is 99.6 Å². The standard InChI is InChI=1S/C35H39NO3Si/c1-26-18-21-29(24-27(26)19-22-30-23-20-28(25-36-30)33(37)38-7)35(5,6)39-40(34(2,3)4,31-14-10-8-11-15-31)32-16-12-9-13-17-32/h8-25H,1-7H3. The highest BCUT2D eigenvalue weighted by atomic mass is 28.4. The molecule has 4 aromatic rings. The van der Waals surface area contributed by atoms with E-state index in [1.54, 1.807) is 6.07 Å². The van der Waals surface area contributed by atoms with E-state index in [1.165, 1.54) is 23.7 Å². The first kappa shape index (κ1) is 29.2. The van der Waals surface area contributed by atoms with Crippen LogP contribution in [-0.4, -0.2) is 26.4 Å². The Morgan fingerprint density at radius 2 is 1.40 bits per heavy atom. The summed E-state index contributed by atoms with van der Waals surface area (Å²) in [6.07, 6.45) is 5.57. The van der Waals surface area contributed by atoms with E-state index in [1.807, 2.05) is 12.1 Å². The number of rotatable bonds is 8. The van der Waals surface area contributed by atoms with Crippen LogP contribution in [0.3, 0.4) is 0 Å². The molecule has 0 fully saturated rings. The molecule has 0 N–H and O–H groups in total. The zero-order chi connectivity index (χ0) is 29.0. The largest absolute Gasteiger partial charge is 0.465 e. The fourth-order valence-electron chi connectivity index (χ4n) is 5.20. The number of carbonyl (C=O) groups is 1. The van der Waals surface area contributed by atoms with Gasteiger partial charge in [-0.25, -0.2) is 4.79 Å². The lowest BCUT2D eigenvalue weighted by Gasteiger charge is -2.48. The number of esters is 1. The number of nitrogens with zero attached hydrogens (tertiary/aromatic N) is 1. The summed E-state index contributed by atoms with van der Waals surface area (Å²) in [5, 5.41) is 2.40. The first-order valence-corrected chi connectivity index (χ1v) is 15.5. The number of ether oxygens (including phenoxy) is 1. The second kappa shape index (κ2) is 11.7. The Bertz CT molecular complexity index is 1430. The molecule has 4 rings (SSSR count). The van der Waals surface area contributed by atoms with Crippen LogP contribution in [0, 0.1) is 6.92 Å². The smallest absolute Gasteiger partial charge is 0.339 e. The van der Waals surface area contributed by atoms with Crippen LogP contribution in [0.1, 0.15) is 67.4 Å². The molecule has 206 valence electrons. The van der Waals surface area contributed by atoms with Crippen molar-refractivity contribution in [2.24, 2.45) is 0 Å². The summed E-state index contributed by atoms with van der Waals surface area (Å²) in [6, 6.07) is 31.6. The molecule has 0 aliphatic heterocycles. The second-order valence-electron chi connectivity index (χ2n) is 11.6. The molecule has 0 spiro atoms. The Balaban J connectivity index is 1.74. The normalized spacial score (nSPS) is 12.5. The maximum absolute atomic E-state index is 11.7. The van der Waals surface area contributed by atoms with Crippen molar-refractivity contribution in [1.82, 2.24) is 4.98 Å². The highest BCUT2D eigenvalue weighted by Gasteiger charge is 2.53. The van der Waals surface area contributed by atoms with Gasteiger partial charge in [-0.2, -0.15) is 0 Å². The SMILES string of the molecule is COC(=O)c1ccc(C=Cc2cc(C(C)(C)O[Si](c3ccccc3)(c3ccccc3)C(C)(C)C)ccc2C)nc1. The Hall–Kier alpha value is -3.80. The fourth-order valence-corrected chi connectivity index (χ4v) is 10.0. The lowest BCUT2D eigenvalue weighted by molar-refractivity contribution is 0.0600. The highest BCUT2D eigenvalue weighted by Crippen LogP contribution is 2.42. The Kier molecular flexibility index (Phi) is 8.57. The summed E-state index contributed by atoms with van der Waals surface area (Å²) in [5.74, 6) is -0.394. The molecule has 5 heteroatoms. The van der Waals surface area contributed by atoms with Crippen LogP contribution in [-0.2, 0) is 14.8 Å². The van der Waals surface area contributed by atoms with Gasteiger partial charge in [0.25, 0.3) is 8.32 Å². The van der Waals surface area contributed by atoms with Crippen molar-refractivity contribution in [2.45, 2.75) is 52.2 Å². The van der Waals surface area contributed by atoms with Gasteiger partial charge in [0.15, 0.2) is 0 Å². The molecule has 40 heavy (non-hydrogen) atoms. The van der Waals surface area contributed by atoms with Crippen LogP contribution in [0.2, 0.25) is 5.04 Å². The van der Waals surface area contributed by atoms with Gasteiger partial charge in [0.1, 0.15) is 0 Å². The van der Waals surface area contributed by atoms with Crippen LogP contribution >= 0.6 is 0 Å². The molecule has 0 saturated heterocycles. The monoisotopic (exact) mass is 549 g/mol. The van der Waals surface area contributed by atoms with Gasteiger partial charge in [0, 0.05) is 6.20 Å². The fraction of sp³-hybridized carbons (Fsp3) is 0.257. The minimum atomic E-state index is -2.75. The van der Waals surface area contributed by atoms with Gasteiger partial charge < -0.3 is 9.16 Å². The summed E-state index contributed by atoms with van der Waals surface area (Å²) in [7, 11) is -1.39. The summed E-state index contributed by atoms with van der Waals surface area (Å²) in [4.78, 5) is 16.1. The molecule has 0 unspecified atom stereocenters. The number of methoxy groups -OCH3 is 1. The van der Waals surface area contributed by atoms with Gasteiger partial charge in [-0.3, -0.25) is 4.98 Å². The lowest BCUT2D eigenvalue weighted by atomic mass is 9.94. The van der Waals surface area contributed by atoms with E-state index in [9.17, 15) is 4.79 Å². The third kappa shape index (κ3) is 6.01. The highest BCUT2D eigenvalue weighted by molar-refractivity contribution is 6.99. The second-order valence-corrected chi connectivity index (χ2v) is 15.9. The Labute approximate surface area is 239 Å². The molecule has 0 saturated carbocycles. The minimum absolute atomic E-state index is 0.123. The maximum atomic E-state index is 11.7. The van der Waals surface area contributed by atoms with Gasteiger partial charge in [0.05, 0.1) is 24.0 Å². The molecule has 0 aliphatic carbocycles. The summed E-state index contributed by atoms with van der Waals surface area (Å²) in [6.45, 7) is 13.4. The van der Waals surface area contributed by atoms with Crippen LogP contribution in [0.25, 0.3) is 12.2 Å². The predicted molar refractivity (Wildman–Crippen MR) is 167 cm³/mol. The molecule has 0 radical (unpaired) electrons. The predicted octanol–water partition coefficient (Wildman–Crippen LogP) is 7.16. The minimum Gasteiger partial charge on any atom is -0.465 e. The van der Waals surface area contributed by atoms with Gasteiger partial charge in [0.2, 0.25) is 0 Å². The van der Waals surface area contributed by atoms with Crippen molar-refractivity contribution in [3.63, 3.8) is 0 Å². The van der Waals surface area contributed by atoms with E-state index in [-0.39, 0.29) is 5.04 Å². The molecular weight excluding hydrogens is 510 g/mol. The van der Waals surface area contributed by atoms with Crippen molar-refractivity contribution in [3.8, 4) is 0 Å². The number of carbonyl (C=O) groups excluding carboxylic acids is 1. The maximum Gasteiger partial charge on any atom is 0.339 e. The van der Waals surface area contributed by atoms with Crippen molar-refractivity contribution in [1.29, 1.82) is 0 Å². The number of benzene rings is 3. The van der Waals surface area contributed by atoms with Crippen LogP contribution in [0.5, 0.6) is 0 Å². The molecular formula is C35H39NO3Si. The summed E-state index contributed by atoms with van der Waals surface area (Å²) in [5.41, 5.74) is 3.99. The molecule has 0 atom stereocenters. The van der Waals surface area contributed by atoms with E-state index in [0.717, 1.165) is 22.4 Å². The van der Waals surface area contributed by atoms with E-state index in [2.05, 4.69) is 131 Å². The number of hydrogen-bond donors (Lipinski definition) is 0. The molecule has 0 bridgehead atoms. The zero-order valence-corrected chi connectivity index (χ0v) is 25.6. The number of pyridine rings is 1. The first-order chi connectivity index (χ1) is 19.0. The molecule has 0 aliphatic rings. The number of aryl methyl sites for hydroxylation is 1. The topological polar surface area (TPSA) is 48.4 Å². The van der Waals surface area contributed by atoms with Crippen LogP contribution < -0.4 is 10.4 Å². The Morgan fingerprint density at radius 3 is 1.90 bits per heavy atom. The van der Waals surface area contributed by atoms with Crippen molar-refractivity contribution >= 4 is 36.8 Å². The third-order valence-electron chi connectivity index (χ3n) is 7.44. The number of aromatic nitrogens is 1. The van der Waals surface area contributed by atoms with E-state index >= 15 is 0 Å². The third-order valence-corrected chi connectivity index (χ3v) is 12.7. The van der Waals surface area contributed by atoms with Crippen molar-refractivity contribution in [3.05, 3.63) is 125 Å². The molecule has 0 amide bonds. The van der Waals surface area contributed by atoms with Gasteiger partial charge in [-0.15, -0.1) is 0 Å². The average Bonchev–Trinajstić information content (AvgIpc) is 2.95. The zero-order valence-electron chi connectivity index (χ0n) is 24.6. The van der Waals surface area contributed by atoms with E-state index < -0.39 is 19.9 Å². The first-order valence-electron chi connectivity index (χ1n) is 13.6. The Morgan fingerprint density at radius 1 is 0.800 bits per heavy atom. The molecule has 1 aromatic heterocycles. The number of hydrogen-bond acceptors (Lipinski definition) is 4. The van der Waals surface area contributed by atoms with E-state index in [0.29, 0.717) is 5.56 Å². The summed E-state index contributed by atoms with van der Waals surface area (Å²) < 4.78 is 12.3. The quantitative estimate of drug-likeness (QED) is 0.173. The summed E-state index contributed by atoms with van der Waals surface area (Å²) >= 11 is 0. The van der Waals surface area contributed by atoms with Crippen molar-refractivity contribution < 1.29 is 14.0 Å². The lowest BCUT2D eigenvalue weighted by Crippen LogP contribution is -2.68. The van der Waals surface area contributed by atoms with E-state index in [4.69, 9.17) is 9.16 Å².